The van der Waals surface area contributed by atoms with E-state index in [1.807, 2.05) is 0 Å². The first-order valence-electron chi connectivity index (χ1n) is 4.29. The number of nitro benzene ring substituents is 1. The van der Waals surface area contributed by atoms with Crippen LogP contribution in [0.15, 0.2) is 18.2 Å². The van der Waals surface area contributed by atoms with Crippen molar-refractivity contribution in [3.8, 4) is 0 Å². The molecular weight excluding hydrogens is 184 g/mol. The molecule has 0 atom stereocenters. The molecule has 5 nitrogen and oxygen atoms in total. The largest absolute Gasteiger partial charge is 0.396 e. The van der Waals surface area contributed by atoms with Gasteiger partial charge in [0.1, 0.15) is 5.69 Å². The number of aliphatic hydroxyl groups excluding tert-OH is 1. The van der Waals surface area contributed by atoms with E-state index in [1.165, 1.54) is 6.07 Å². The number of aliphatic hydroxyl groups is 1. The van der Waals surface area contributed by atoms with Gasteiger partial charge in [-0.1, -0.05) is 12.1 Å². The Kier molecular flexibility index (Phi) is 3.41. The molecule has 0 amide bonds. The van der Waals surface area contributed by atoms with E-state index in [4.69, 9.17) is 10.8 Å². The fraction of sp³-hybridized carbons (Fsp3) is 0.333. The van der Waals surface area contributed by atoms with Crippen molar-refractivity contribution in [3.63, 3.8) is 0 Å². The van der Waals surface area contributed by atoms with E-state index >= 15 is 0 Å². The Morgan fingerprint density at radius 2 is 2.21 bits per heavy atom. The highest BCUT2D eigenvalue weighted by atomic mass is 16.6. The number of nitrogens with two attached hydrogens (primary N) is 1. The number of nitro groups is 1. The molecule has 0 bridgehead atoms. The first-order valence-corrected chi connectivity index (χ1v) is 4.29. The summed E-state index contributed by atoms with van der Waals surface area (Å²) in [5.74, 6) is 0. The van der Waals surface area contributed by atoms with Crippen LogP contribution in [0.1, 0.15) is 12.0 Å². The third kappa shape index (κ3) is 2.20. The standard InChI is InChI=1S/C9H12N2O3/c10-9-7(4-2-6-12)3-1-5-8(9)11(13)14/h1,3,5,12H,2,4,6,10H2. The Labute approximate surface area is 81.3 Å². The number of nitrogens with zero attached hydrogens (tertiary/aromatic N) is 1. The van der Waals surface area contributed by atoms with Crippen molar-refractivity contribution in [1.82, 2.24) is 0 Å². The molecule has 0 heterocycles. The molecule has 0 fully saturated rings. The van der Waals surface area contributed by atoms with Crippen molar-refractivity contribution in [1.29, 1.82) is 0 Å². The quantitative estimate of drug-likeness (QED) is 0.428. The van der Waals surface area contributed by atoms with Gasteiger partial charge in [0.05, 0.1) is 4.92 Å². The third-order valence-corrected chi connectivity index (χ3v) is 1.97. The lowest BCUT2D eigenvalue weighted by Crippen LogP contribution is -2.01. The van der Waals surface area contributed by atoms with Crippen LogP contribution in [0.25, 0.3) is 0 Å². The van der Waals surface area contributed by atoms with Crippen molar-refractivity contribution >= 4 is 11.4 Å². The van der Waals surface area contributed by atoms with Crippen LogP contribution in [-0.2, 0) is 6.42 Å². The zero-order chi connectivity index (χ0) is 10.6. The van der Waals surface area contributed by atoms with Crippen LogP contribution in [0.3, 0.4) is 0 Å². The number of nitrogen functional groups attached to an aromatic ring is 1. The summed E-state index contributed by atoms with van der Waals surface area (Å²) in [6.07, 6.45) is 1.12. The maximum absolute atomic E-state index is 10.5. The molecule has 0 aliphatic carbocycles. The molecule has 0 radical (unpaired) electrons. The van der Waals surface area contributed by atoms with Gasteiger partial charge in [0.2, 0.25) is 0 Å². The maximum atomic E-state index is 10.5. The van der Waals surface area contributed by atoms with Gasteiger partial charge in [0, 0.05) is 12.7 Å². The fourth-order valence-corrected chi connectivity index (χ4v) is 1.25. The van der Waals surface area contributed by atoms with E-state index in [0.29, 0.717) is 18.4 Å². The molecule has 0 aliphatic heterocycles. The van der Waals surface area contributed by atoms with Gasteiger partial charge in [-0.25, -0.2) is 0 Å². The Morgan fingerprint density at radius 1 is 1.50 bits per heavy atom. The summed E-state index contributed by atoms with van der Waals surface area (Å²) in [6, 6.07) is 4.71. The average molecular weight is 196 g/mol. The van der Waals surface area contributed by atoms with Crippen LogP contribution in [0.4, 0.5) is 11.4 Å². The number of para-hydroxylation sites is 1. The van der Waals surface area contributed by atoms with Crippen molar-refractivity contribution < 1.29 is 10.0 Å². The topological polar surface area (TPSA) is 89.4 Å². The van der Waals surface area contributed by atoms with Crippen LogP contribution in [0.2, 0.25) is 0 Å². The Morgan fingerprint density at radius 3 is 2.79 bits per heavy atom. The molecule has 1 rings (SSSR count). The molecular formula is C9H12N2O3. The van der Waals surface area contributed by atoms with E-state index < -0.39 is 4.92 Å². The highest BCUT2D eigenvalue weighted by Crippen LogP contribution is 2.25. The number of hydrogen-bond donors (Lipinski definition) is 2. The number of aryl methyl sites for hydroxylation is 1. The second kappa shape index (κ2) is 4.57. The molecule has 0 saturated heterocycles. The molecule has 0 unspecified atom stereocenters. The first-order chi connectivity index (χ1) is 6.66. The summed E-state index contributed by atoms with van der Waals surface area (Å²) in [7, 11) is 0. The van der Waals surface area contributed by atoms with Gasteiger partial charge in [-0.05, 0) is 18.4 Å². The summed E-state index contributed by atoms with van der Waals surface area (Å²) < 4.78 is 0. The Bertz CT molecular complexity index is 339. The Balaban J connectivity index is 2.95. The summed E-state index contributed by atoms with van der Waals surface area (Å²) in [5, 5.41) is 19.1. The van der Waals surface area contributed by atoms with Crippen molar-refractivity contribution in [2.45, 2.75) is 12.8 Å². The van der Waals surface area contributed by atoms with Crippen molar-refractivity contribution in [2.75, 3.05) is 12.3 Å². The molecule has 14 heavy (non-hydrogen) atoms. The van der Waals surface area contributed by atoms with E-state index in [1.54, 1.807) is 12.1 Å². The average Bonchev–Trinajstić information content (AvgIpc) is 2.16. The molecule has 0 spiro atoms. The zero-order valence-corrected chi connectivity index (χ0v) is 7.64. The molecule has 5 heteroatoms. The second-order valence-corrected chi connectivity index (χ2v) is 2.93. The summed E-state index contributed by atoms with van der Waals surface area (Å²) >= 11 is 0. The first kappa shape index (κ1) is 10.5. The minimum Gasteiger partial charge on any atom is -0.396 e. The summed E-state index contributed by atoms with van der Waals surface area (Å²) in [4.78, 5) is 10.0. The van der Waals surface area contributed by atoms with E-state index in [9.17, 15) is 10.1 Å². The smallest absolute Gasteiger partial charge is 0.292 e. The SMILES string of the molecule is Nc1c(CCCO)cccc1[N+](=O)[O-]. The van der Waals surface area contributed by atoms with Crippen LogP contribution >= 0.6 is 0 Å². The molecule has 0 saturated carbocycles. The van der Waals surface area contributed by atoms with E-state index in [-0.39, 0.29) is 18.0 Å². The van der Waals surface area contributed by atoms with E-state index in [2.05, 4.69) is 0 Å². The summed E-state index contributed by atoms with van der Waals surface area (Å²) in [6.45, 7) is 0.0577. The van der Waals surface area contributed by atoms with Crippen LogP contribution < -0.4 is 5.73 Å². The van der Waals surface area contributed by atoms with Crippen molar-refractivity contribution in [3.05, 3.63) is 33.9 Å². The zero-order valence-electron chi connectivity index (χ0n) is 7.64. The lowest BCUT2D eigenvalue weighted by molar-refractivity contribution is -0.383. The number of benzene rings is 1. The predicted molar refractivity (Wildman–Crippen MR) is 52.9 cm³/mol. The summed E-state index contributed by atoms with van der Waals surface area (Å²) in [5.41, 5.74) is 6.45. The van der Waals surface area contributed by atoms with Gasteiger partial charge < -0.3 is 10.8 Å². The van der Waals surface area contributed by atoms with Gasteiger partial charge in [-0.2, -0.15) is 0 Å². The van der Waals surface area contributed by atoms with Gasteiger partial charge in [0.15, 0.2) is 0 Å². The van der Waals surface area contributed by atoms with E-state index in [0.717, 1.165) is 0 Å². The highest BCUT2D eigenvalue weighted by molar-refractivity contribution is 5.62. The number of anilines is 1. The number of hydrogen-bond acceptors (Lipinski definition) is 4. The Hall–Kier alpha value is -1.62. The monoisotopic (exact) mass is 196 g/mol. The van der Waals surface area contributed by atoms with Crippen LogP contribution in [0.5, 0.6) is 0 Å². The van der Waals surface area contributed by atoms with Gasteiger partial charge in [-0.15, -0.1) is 0 Å². The van der Waals surface area contributed by atoms with Gasteiger partial charge >= 0.3 is 0 Å². The maximum Gasteiger partial charge on any atom is 0.292 e. The molecule has 76 valence electrons. The van der Waals surface area contributed by atoms with Gasteiger partial charge in [-0.3, -0.25) is 10.1 Å². The lowest BCUT2D eigenvalue weighted by atomic mass is 10.1. The molecule has 0 aromatic heterocycles. The molecule has 1 aromatic rings. The molecule has 3 N–H and O–H groups in total. The number of rotatable bonds is 4. The fourth-order valence-electron chi connectivity index (χ4n) is 1.25. The molecule has 1 aromatic carbocycles. The van der Waals surface area contributed by atoms with Crippen LogP contribution in [0, 0.1) is 10.1 Å². The van der Waals surface area contributed by atoms with Crippen LogP contribution in [-0.4, -0.2) is 16.6 Å². The van der Waals surface area contributed by atoms with Gasteiger partial charge in [0.25, 0.3) is 5.69 Å². The van der Waals surface area contributed by atoms with Crippen molar-refractivity contribution in [2.24, 2.45) is 0 Å². The third-order valence-electron chi connectivity index (χ3n) is 1.97. The normalized spacial score (nSPS) is 10.1. The predicted octanol–water partition coefficient (Wildman–Crippen LogP) is 1.10. The minimum atomic E-state index is -0.502. The lowest BCUT2D eigenvalue weighted by Gasteiger charge is -2.04. The minimum absolute atomic E-state index is 0.0577. The second-order valence-electron chi connectivity index (χ2n) is 2.93. The highest BCUT2D eigenvalue weighted by Gasteiger charge is 2.13. The molecule has 0 aliphatic rings.